The van der Waals surface area contributed by atoms with Crippen molar-refractivity contribution in [2.24, 2.45) is 0 Å². The molecule has 0 fully saturated rings. The van der Waals surface area contributed by atoms with Gasteiger partial charge in [-0.15, -0.1) is 0 Å². The fourth-order valence-corrected chi connectivity index (χ4v) is 4.42. The minimum atomic E-state index is -3.75. The lowest BCUT2D eigenvalue weighted by atomic mass is 10.1. The summed E-state index contributed by atoms with van der Waals surface area (Å²) >= 11 is 3.42. The standard InChI is InChI=1S/C25H34BrN3O4S/c1-7-19(4)27-25(31)20(5)28(15-21-10-8-17(2)9-11-21)24(30)16-29(34(6,32)33)22-12-13-23(26)18(3)14-22/h8-14,19-20H,7,15-16H2,1-6H3,(H,27,31)/t19-,20-/m0/s1. The first kappa shape index (κ1) is 27.9. The maximum absolute atomic E-state index is 13.5. The Morgan fingerprint density at radius 3 is 2.21 bits per heavy atom. The van der Waals surface area contributed by atoms with E-state index in [0.717, 1.165) is 38.1 Å². The predicted octanol–water partition coefficient (Wildman–Crippen LogP) is 4.16. The molecule has 0 aliphatic carbocycles. The van der Waals surface area contributed by atoms with Crippen LogP contribution in [0.2, 0.25) is 0 Å². The van der Waals surface area contributed by atoms with Crippen LogP contribution in [-0.2, 0) is 26.2 Å². The average Bonchev–Trinajstić information content (AvgIpc) is 2.77. The topological polar surface area (TPSA) is 86.8 Å². The molecule has 0 spiro atoms. The highest BCUT2D eigenvalue weighted by Gasteiger charge is 2.30. The van der Waals surface area contributed by atoms with Crippen molar-refractivity contribution in [3.8, 4) is 0 Å². The van der Waals surface area contributed by atoms with E-state index in [9.17, 15) is 18.0 Å². The monoisotopic (exact) mass is 551 g/mol. The van der Waals surface area contributed by atoms with Gasteiger partial charge in [0.15, 0.2) is 0 Å². The molecule has 2 rings (SSSR count). The Balaban J connectivity index is 2.39. The maximum atomic E-state index is 13.5. The average molecular weight is 553 g/mol. The number of amides is 2. The molecule has 2 amide bonds. The fraction of sp³-hybridized carbons (Fsp3) is 0.440. The fourth-order valence-electron chi connectivity index (χ4n) is 3.34. The Morgan fingerprint density at radius 1 is 1.06 bits per heavy atom. The van der Waals surface area contributed by atoms with Gasteiger partial charge in [-0.2, -0.15) is 0 Å². The lowest BCUT2D eigenvalue weighted by Crippen LogP contribution is -2.52. The maximum Gasteiger partial charge on any atom is 0.244 e. The second kappa shape index (κ2) is 11.8. The molecule has 34 heavy (non-hydrogen) atoms. The summed E-state index contributed by atoms with van der Waals surface area (Å²) in [5, 5.41) is 2.92. The summed E-state index contributed by atoms with van der Waals surface area (Å²) in [6.45, 7) is 9.13. The largest absolute Gasteiger partial charge is 0.352 e. The van der Waals surface area contributed by atoms with Gasteiger partial charge in [-0.1, -0.05) is 52.7 Å². The summed E-state index contributed by atoms with van der Waals surface area (Å²) in [7, 11) is -3.75. The van der Waals surface area contributed by atoms with Gasteiger partial charge in [-0.3, -0.25) is 13.9 Å². The van der Waals surface area contributed by atoms with Gasteiger partial charge < -0.3 is 10.2 Å². The molecule has 0 heterocycles. The third-order valence-corrected chi connectivity index (χ3v) is 7.78. The SMILES string of the molecule is CC[C@H](C)NC(=O)[C@H](C)N(Cc1ccc(C)cc1)C(=O)CN(c1ccc(Br)c(C)c1)S(C)(=O)=O. The highest BCUT2D eigenvalue weighted by Crippen LogP contribution is 2.25. The van der Waals surface area contributed by atoms with E-state index >= 15 is 0 Å². The molecule has 2 aromatic carbocycles. The van der Waals surface area contributed by atoms with Crippen LogP contribution in [0.15, 0.2) is 46.9 Å². The first-order valence-electron chi connectivity index (χ1n) is 11.2. The van der Waals surface area contributed by atoms with Crippen LogP contribution in [0, 0.1) is 13.8 Å². The van der Waals surface area contributed by atoms with Crippen LogP contribution in [0.4, 0.5) is 5.69 Å². The van der Waals surface area contributed by atoms with E-state index in [-0.39, 0.29) is 18.5 Å². The van der Waals surface area contributed by atoms with Crippen molar-refractivity contribution in [3.63, 3.8) is 0 Å². The second-order valence-electron chi connectivity index (χ2n) is 8.70. The zero-order valence-electron chi connectivity index (χ0n) is 20.6. The molecule has 0 unspecified atom stereocenters. The molecule has 2 atom stereocenters. The van der Waals surface area contributed by atoms with Crippen molar-refractivity contribution in [1.29, 1.82) is 0 Å². The molecule has 0 saturated carbocycles. The van der Waals surface area contributed by atoms with E-state index in [0.29, 0.717) is 5.69 Å². The third kappa shape index (κ3) is 7.56. The van der Waals surface area contributed by atoms with Crippen LogP contribution < -0.4 is 9.62 Å². The minimum Gasteiger partial charge on any atom is -0.352 e. The molecule has 1 N–H and O–H groups in total. The highest BCUT2D eigenvalue weighted by molar-refractivity contribution is 9.10. The molecule has 0 aromatic heterocycles. The van der Waals surface area contributed by atoms with Crippen LogP contribution >= 0.6 is 15.9 Å². The third-order valence-electron chi connectivity index (χ3n) is 5.75. The lowest BCUT2D eigenvalue weighted by molar-refractivity contribution is -0.139. The molecule has 9 heteroatoms. The number of benzene rings is 2. The van der Waals surface area contributed by atoms with Crippen molar-refractivity contribution < 1.29 is 18.0 Å². The molecular formula is C25H34BrN3O4S. The number of hydrogen-bond acceptors (Lipinski definition) is 4. The van der Waals surface area contributed by atoms with Crippen molar-refractivity contribution in [1.82, 2.24) is 10.2 Å². The Bertz CT molecular complexity index is 1120. The summed E-state index contributed by atoms with van der Waals surface area (Å²) in [5.41, 5.74) is 3.17. The molecule has 0 aliphatic rings. The van der Waals surface area contributed by atoms with E-state index in [1.54, 1.807) is 25.1 Å². The quantitative estimate of drug-likeness (QED) is 0.480. The summed E-state index contributed by atoms with van der Waals surface area (Å²) in [4.78, 5) is 27.9. The van der Waals surface area contributed by atoms with Gasteiger partial charge in [-0.25, -0.2) is 8.42 Å². The van der Waals surface area contributed by atoms with Crippen LogP contribution in [0.25, 0.3) is 0 Å². The van der Waals surface area contributed by atoms with Crippen LogP contribution in [0.5, 0.6) is 0 Å². The van der Waals surface area contributed by atoms with Gasteiger partial charge in [0.25, 0.3) is 0 Å². The zero-order valence-corrected chi connectivity index (χ0v) is 23.0. The molecule has 2 aromatic rings. The molecule has 0 aliphatic heterocycles. The van der Waals surface area contributed by atoms with Crippen LogP contribution in [0.1, 0.15) is 43.9 Å². The molecule has 0 bridgehead atoms. The molecule has 7 nitrogen and oxygen atoms in total. The summed E-state index contributed by atoms with van der Waals surface area (Å²) in [6.07, 6.45) is 1.83. The smallest absolute Gasteiger partial charge is 0.244 e. The van der Waals surface area contributed by atoms with Gasteiger partial charge in [0.2, 0.25) is 21.8 Å². The van der Waals surface area contributed by atoms with Gasteiger partial charge in [-0.05, 0) is 63.4 Å². The minimum absolute atomic E-state index is 0.0375. The predicted molar refractivity (Wildman–Crippen MR) is 140 cm³/mol. The Morgan fingerprint density at radius 2 is 1.68 bits per heavy atom. The molecule has 0 radical (unpaired) electrons. The molecule has 186 valence electrons. The number of nitrogens with zero attached hydrogens (tertiary/aromatic N) is 2. The van der Waals surface area contributed by atoms with Gasteiger partial charge in [0.1, 0.15) is 12.6 Å². The van der Waals surface area contributed by atoms with Crippen molar-refractivity contribution >= 4 is 43.5 Å². The first-order valence-corrected chi connectivity index (χ1v) is 13.9. The number of carbonyl (C=O) groups excluding carboxylic acids is 2. The zero-order chi connectivity index (χ0) is 25.6. The number of hydrogen-bond donors (Lipinski definition) is 1. The summed E-state index contributed by atoms with van der Waals surface area (Å²) in [5.74, 6) is -0.737. The molecular weight excluding hydrogens is 518 g/mol. The van der Waals surface area contributed by atoms with Crippen LogP contribution in [-0.4, -0.2) is 50.0 Å². The van der Waals surface area contributed by atoms with Crippen molar-refractivity contribution in [2.75, 3.05) is 17.1 Å². The number of sulfonamides is 1. The Hall–Kier alpha value is -2.39. The number of anilines is 1. The second-order valence-corrected chi connectivity index (χ2v) is 11.5. The highest BCUT2D eigenvalue weighted by atomic mass is 79.9. The Kier molecular flexibility index (Phi) is 9.70. The van der Waals surface area contributed by atoms with Crippen molar-refractivity contribution in [3.05, 3.63) is 63.6 Å². The number of rotatable bonds is 10. The summed E-state index contributed by atoms with van der Waals surface area (Å²) in [6, 6.07) is 12.0. The van der Waals surface area contributed by atoms with Gasteiger partial charge >= 0.3 is 0 Å². The first-order chi connectivity index (χ1) is 15.8. The van der Waals surface area contributed by atoms with Gasteiger partial charge in [0.05, 0.1) is 11.9 Å². The van der Waals surface area contributed by atoms with E-state index in [4.69, 9.17) is 0 Å². The van der Waals surface area contributed by atoms with E-state index in [1.165, 1.54) is 4.90 Å². The van der Waals surface area contributed by atoms with Gasteiger partial charge in [0, 0.05) is 17.1 Å². The van der Waals surface area contributed by atoms with E-state index in [1.807, 2.05) is 52.0 Å². The number of halogens is 1. The number of aryl methyl sites for hydroxylation is 2. The van der Waals surface area contributed by atoms with Crippen molar-refractivity contribution in [2.45, 2.75) is 59.7 Å². The number of nitrogens with one attached hydrogen (secondary N) is 1. The normalized spacial score (nSPS) is 13.1. The van der Waals surface area contributed by atoms with E-state index in [2.05, 4.69) is 21.2 Å². The molecule has 0 saturated heterocycles. The number of carbonyl (C=O) groups is 2. The van der Waals surface area contributed by atoms with Crippen LogP contribution in [0.3, 0.4) is 0 Å². The summed E-state index contributed by atoms with van der Waals surface area (Å²) < 4.78 is 27.2. The Labute approximate surface area is 211 Å². The van der Waals surface area contributed by atoms with E-state index < -0.39 is 28.5 Å². The lowest BCUT2D eigenvalue weighted by Gasteiger charge is -2.32.